The summed E-state index contributed by atoms with van der Waals surface area (Å²) in [6.45, 7) is 2.36. The van der Waals surface area contributed by atoms with E-state index in [0.29, 0.717) is 12.2 Å². The Labute approximate surface area is 100 Å². The normalized spacial score (nSPS) is 10.3. The van der Waals surface area contributed by atoms with E-state index in [1.165, 1.54) is 11.6 Å². The zero-order valence-corrected chi connectivity index (χ0v) is 9.70. The number of benzene rings is 2. The van der Waals surface area contributed by atoms with E-state index in [2.05, 4.69) is 5.32 Å². The van der Waals surface area contributed by atoms with Gasteiger partial charge in [-0.25, -0.2) is 4.39 Å². The quantitative estimate of drug-likeness (QED) is 0.848. The second-order valence-corrected chi connectivity index (χ2v) is 4.01. The van der Waals surface area contributed by atoms with E-state index >= 15 is 0 Å². The maximum atomic E-state index is 13.7. The molecule has 0 heterocycles. The summed E-state index contributed by atoms with van der Waals surface area (Å²) in [6, 6.07) is 12.8. The Bertz CT molecular complexity index is 506. The first-order chi connectivity index (χ1) is 8.19. The molecule has 0 aromatic heterocycles. The Morgan fingerprint density at radius 3 is 2.41 bits per heavy atom. The van der Waals surface area contributed by atoms with E-state index in [0.717, 1.165) is 11.3 Å². The first-order valence-corrected chi connectivity index (χ1v) is 5.51. The number of nitrogens with one attached hydrogen (secondary N) is 1. The van der Waals surface area contributed by atoms with Crippen LogP contribution in [-0.4, -0.2) is 0 Å². The highest BCUT2D eigenvalue weighted by Crippen LogP contribution is 2.21. The fourth-order valence-corrected chi connectivity index (χ4v) is 1.58. The molecule has 0 aliphatic heterocycles. The SMILES string of the molecule is Cc1ccc(Nc2ccc(CN)cc2F)cc1. The minimum absolute atomic E-state index is 0.284. The number of aryl methyl sites for hydroxylation is 1. The van der Waals surface area contributed by atoms with Crippen molar-refractivity contribution in [2.45, 2.75) is 13.5 Å². The lowest BCUT2D eigenvalue weighted by atomic mass is 10.2. The van der Waals surface area contributed by atoms with Gasteiger partial charge < -0.3 is 11.1 Å². The predicted molar refractivity (Wildman–Crippen MR) is 68.8 cm³/mol. The second kappa shape index (κ2) is 4.97. The smallest absolute Gasteiger partial charge is 0.146 e. The van der Waals surface area contributed by atoms with E-state index in [1.807, 2.05) is 37.3 Å². The lowest BCUT2D eigenvalue weighted by molar-refractivity contribution is 0.629. The van der Waals surface area contributed by atoms with Crippen molar-refractivity contribution < 1.29 is 4.39 Å². The van der Waals surface area contributed by atoms with Gasteiger partial charge in [0, 0.05) is 12.2 Å². The molecule has 0 fully saturated rings. The minimum Gasteiger partial charge on any atom is -0.353 e. The average molecular weight is 230 g/mol. The van der Waals surface area contributed by atoms with E-state index in [4.69, 9.17) is 5.73 Å². The van der Waals surface area contributed by atoms with Gasteiger partial charge >= 0.3 is 0 Å². The Hall–Kier alpha value is -1.87. The summed E-state index contributed by atoms with van der Waals surface area (Å²) in [7, 11) is 0. The summed E-state index contributed by atoms with van der Waals surface area (Å²) in [6.07, 6.45) is 0. The molecule has 0 aliphatic carbocycles. The lowest BCUT2D eigenvalue weighted by Gasteiger charge is -2.08. The maximum Gasteiger partial charge on any atom is 0.146 e. The topological polar surface area (TPSA) is 38.0 Å². The molecular weight excluding hydrogens is 215 g/mol. The van der Waals surface area contributed by atoms with Crippen molar-refractivity contribution >= 4 is 11.4 Å². The number of nitrogens with two attached hydrogens (primary N) is 1. The van der Waals surface area contributed by atoms with Gasteiger partial charge in [-0.1, -0.05) is 23.8 Å². The van der Waals surface area contributed by atoms with Gasteiger partial charge in [0.1, 0.15) is 5.82 Å². The molecule has 2 aromatic rings. The van der Waals surface area contributed by atoms with E-state index in [9.17, 15) is 4.39 Å². The van der Waals surface area contributed by atoms with Gasteiger partial charge in [0.2, 0.25) is 0 Å². The Balaban J connectivity index is 2.21. The molecule has 0 saturated heterocycles. The van der Waals surface area contributed by atoms with Crippen LogP contribution in [0.25, 0.3) is 0 Å². The van der Waals surface area contributed by atoms with Gasteiger partial charge in [-0.3, -0.25) is 0 Å². The summed E-state index contributed by atoms with van der Waals surface area (Å²) in [5, 5.41) is 3.03. The Kier molecular flexibility index (Phi) is 3.40. The number of anilines is 2. The van der Waals surface area contributed by atoms with Crippen LogP contribution in [0.4, 0.5) is 15.8 Å². The third kappa shape index (κ3) is 2.82. The van der Waals surface area contributed by atoms with Gasteiger partial charge in [-0.15, -0.1) is 0 Å². The van der Waals surface area contributed by atoms with Crippen LogP contribution in [0, 0.1) is 12.7 Å². The highest BCUT2D eigenvalue weighted by molar-refractivity contribution is 5.60. The molecule has 0 unspecified atom stereocenters. The zero-order chi connectivity index (χ0) is 12.3. The van der Waals surface area contributed by atoms with Crippen LogP contribution in [0.15, 0.2) is 42.5 Å². The van der Waals surface area contributed by atoms with Crippen molar-refractivity contribution in [2.24, 2.45) is 5.73 Å². The van der Waals surface area contributed by atoms with Gasteiger partial charge in [-0.05, 0) is 36.8 Å². The van der Waals surface area contributed by atoms with Crippen molar-refractivity contribution in [3.05, 3.63) is 59.4 Å². The fourth-order valence-electron chi connectivity index (χ4n) is 1.58. The number of hydrogen-bond acceptors (Lipinski definition) is 2. The fraction of sp³-hybridized carbons (Fsp3) is 0.143. The van der Waals surface area contributed by atoms with Gasteiger partial charge in [0.25, 0.3) is 0 Å². The molecule has 17 heavy (non-hydrogen) atoms. The van der Waals surface area contributed by atoms with Gasteiger partial charge in [-0.2, -0.15) is 0 Å². The molecule has 0 aliphatic rings. The second-order valence-electron chi connectivity index (χ2n) is 4.01. The van der Waals surface area contributed by atoms with Crippen molar-refractivity contribution in [3.63, 3.8) is 0 Å². The Morgan fingerprint density at radius 2 is 1.82 bits per heavy atom. The number of rotatable bonds is 3. The Morgan fingerprint density at radius 1 is 1.12 bits per heavy atom. The summed E-state index contributed by atoms with van der Waals surface area (Å²) < 4.78 is 13.7. The number of hydrogen-bond donors (Lipinski definition) is 2. The zero-order valence-electron chi connectivity index (χ0n) is 9.70. The maximum absolute atomic E-state index is 13.7. The van der Waals surface area contributed by atoms with Gasteiger partial charge in [0.05, 0.1) is 5.69 Å². The standard InChI is InChI=1S/C14H15FN2/c1-10-2-5-12(6-3-10)17-14-7-4-11(9-16)8-13(14)15/h2-8,17H,9,16H2,1H3. The lowest BCUT2D eigenvalue weighted by Crippen LogP contribution is -1.99. The molecule has 88 valence electrons. The van der Waals surface area contributed by atoms with Crippen molar-refractivity contribution in [2.75, 3.05) is 5.32 Å². The van der Waals surface area contributed by atoms with Crippen LogP contribution in [0.3, 0.4) is 0 Å². The van der Waals surface area contributed by atoms with Crippen LogP contribution >= 0.6 is 0 Å². The number of halogens is 1. The average Bonchev–Trinajstić information content (AvgIpc) is 2.34. The summed E-state index contributed by atoms with van der Waals surface area (Å²) in [5.74, 6) is -0.284. The summed E-state index contributed by atoms with van der Waals surface area (Å²) in [5.41, 5.74) is 8.75. The first-order valence-electron chi connectivity index (χ1n) is 5.51. The molecule has 0 atom stereocenters. The molecule has 0 bridgehead atoms. The monoisotopic (exact) mass is 230 g/mol. The molecule has 0 saturated carbocycles. The summed E-state index contributed by atoms with van der Waals surface area (Å²) >= 11 is 0. The summed E-state index contributed by atoms with van der Waals surface area (Å²) in [4.78, 5) is 0. The molecule has 3 N–H and O–H groups in total. The molecule has 2 aromatic carbocycles. The van der Waals surface area contributed by atoms with Crippen molar-refractivity contribution in [3.8, 4) is 0 Å². The van der Waals surface area contributed by atoms with Crippen LogP contribution < -0.4 is 11.1 Å². The molecule has 2 nitrogen and oxygen atoms in total. The van der Waals surface area contributed by atoms with Crippen LogP contribution in [0.2, 0.25) is 0 Å². The molecule has 3 heteroatoms. The highest BCUT2D eigenvalue weighted by Gasteiger charge is 2.03. The van der Waals surface area contributed by atoms with Crippen molar-refractivity contribution in [1.29, 1.82) is 0 Å². The minimum atomic E-state index is -0.284. The largest absolute Gasteiger partial charge is 0.353 e. The third-order valence-electron chi connectivity index (χ3n) is 2.60. The van der Waals surface area contributed by atoms with E-state index < -0.39 is 0 Å². The van der Waals surface area contributed by atoms with Crippen LogP contribution in [0.1, 0.15) is 11.1 Å². The van der Waals surface area contributed by atoms with Crippen molar-refractivity contribution in [1.82, 2.24) is 0 Å². The van der Waals surface area contributed by atoms with Gasteiger partial charge in [0.15, 0.2) is 0 Å². The van der Waals surface area contributed by atoms with E-state index in [1.54, 1.807) is 6.07 Å². The first kappa shape index (κ1) is 11.6. The van der Waals surface area contributed by atoms with Crippen LogP contribution in [-0.2, 0) is 6.54 Å². The molecule has 0 radical (unpaired) electrons. The van der Waals surface area contributed by atoms with E-state index in [-0.39, 0.29) is 5.82 Å². The molecule has 0 amide bonds. The molecule has 0 spiro atoms. The molecule has 2 rings (SSSR count). The highest BCUT2D eigenvalue weighted by atomic mass is 19.1. The van der Waals surface area contributed by atoms with Crippen LogP contribution in [0.5, 0.6) is 0 Å². The predicted octanol–water partition coefficient (Wildman–Crippen LogP) is 3.34. The molecular formula is C14H15FN2. The third-order valence-corrected chi connectivity index (χ3v) is 2.60.